The number of aromatic nitrogens is 2. The summed E-state index contributed by atoms with van der Waals surface area (Å²) in [5.41, 5.74) is 5.53. The van der Waals surface area contributed by atoms with Crippen molar-refractivity contribution in [3.8, 4) is 11.5 Å². The smallest absolute Gasteiger partial charge is 0.433 e. The zero-order valence-corrected chi connectivity index (χ0v) is 20.6. The highest BCUT2D eigenvalue weighted by molar-refractivity contribution is 6.04. The summed E-state index contributed by atoms with van der Waals surface area (Å²) >= 11 is 0. The van der Waals surface area contributed by atoms with Crippen LogP contribution in [0.1, 0.15) is 50.3 Å². The number of halogens is 3. The number of ether oxygens (including phenoxy) is 3. The van der Waals surface area contributed by atoms with Gasteiger partial charge in [0, 0.05) is 38.1 Å². The van der Waals surface area contributed by atoms with Crippen LogP contribution in [0.25, 0.3) is 0 Å². The average molecular weight is 497 g/mol. The normalized spacial score (nSPS) is 14.1. The fourth-order valence-corrected chi connectivity index (χ4v) is 3.19. The summed E-state index contributed by atoms with van der Waals surface area (Å²) in [6.45, 7) is 5.71. The van der Waals surface area contributed by atoms with Gasteiger partial charge in [0.2, 0.25) is 0 Å². The van der Waals surface area contributed by atoms with E-state index in [1.54, 1.807) is 46.4 Å². The Morgan fingerprint density at radius 3 is 2.46 bits per heavy atom. The van der Waals surface area contributed by atoms with Crippen LogP contribution in [0.4, 0.5) is 24.7 Å². The molecule has 3 N–H and O–H groups in total. The van der Waals surface area contributed by atoms with Gasteiger partial charge in [0.15, 0.2) is 17.3 Å². The zero-order chi connectivity index (χ0) is 26.2. The minimum atomic E-state index is -4.66. The van der Waals surface area contributed by atoms with E-state index in [9.17, 15) is 13.2 Å². The standard InChI is InChI=1S/C23H31F3N6O3/c1-7-14(12-33-5)35-18-9-15(16(29-8-2)10-17(18)34-6)22(28-4)30-13(3)21-31-19(23(24,25)26)11-20(27)32-21/h8-11,13-14H,7,12H2,1-6H3,(H,28,30)(H2,27,31,32)/b29-8+/t13-,14?/m1/s1. The number of aliphatic imine (C=N–C) groups is 2. The van der Waals surface area contributed by atoms with Crippen molar-refractivity contribution in [3.63, 3.8) is 0 Å². The molecule has 0 aliphatic heterocycles. The van der Waals surface area contributed by atoms with Crippen LogP contribution >= 0.6 is 0 Å². The van der Waals surface area contributed by atoms with Crippen LogP contribution in [-0.4, -0.2) is 56.0 Å². The van der Waals surface area contributed by atoms with Gasteiger partial charge in [0.25, 0.3) is 0 Å². The molecule has 35 heavy (non-hydrogen) atoms. The number of anilines is 1. The van der Waals surface area contributed by atoms with Crippen LogP contribution in [-0.2, 0) is 10.9 Å². The predicted octanol–water partition coefficient (Wildman–Crippen LogP) is 4.34. The fraction of sp³-hybridized carbons (Fsp3) is 0.478. The van der Waals surface area contributed by atoms with Crippen LogP contribution in [0, 0.1) is 0 Å². The minimum Gasteiger partial charge on any atom is -0.493 e. The number of hydrogen-bond donors (Lipinski definition) is 2. The monoisotopic (exact) mass is 496 g/mol. The lowest BCUT2D eigenvalue weighted by Gasteiger charge is -2.22. The van der Waals surface area contributed by atoms with E-state index < -0.39 is 17.9 Å². The summed E-state index contributed by atoms with van der Waals surface area (Å²) < 4.78 is 56.4. The number of nitrogens with one attached hydrogen (secondary N) is 1. The Morgan fingerprint density at radius 1 is 1.20 bits per heavy atom. The molecular formula is C23H31F3N6O3. The van der Waals surface area contributed by atoms with Gasteiger partial charge in [-0.05, 0) is 26.3 Å². The second-order valence-corrected chi connectivity index (χ2v) is 7.48. The molecule has 2 atom stereocenters. The Kier molecular flexibility index (Phi) is 9.81. The number of benzene rings is 1. The first-order valence-corrected chi connectivity index (χ1v) is 10.9. The molecule has 0 saturated carbocycles. The molecular weight excluding hydrogens is 465 g/mol. The molecule has 0 bridgehead atoms. The van der Waals surface area contributed by atoms with Crippen LogP contribution in [0.2, 0.25) is 0 Å². The lowest BCUT2D eigenvalue weighted by Crippen LogP contribution is -2.30. The van der Waals surface area contributed by atoms with E-state index in [0.717, 1.165) is 0 Å². The van der Waals surface area contributed by atoms with Gasteiger partial charge >= 0.3 is 6.18 Å². The molecule has 0 fully saturated rings. The minimum absolute atomic E-state index is 0.129. The number of methoxy groups -OCH3 is 2. The molecule has 1 aromatic carbocycles. The maximum absolute atomic E-state index is 13.2. The van der Waals surface area contributed by atoms with Crippen LogP contribution in [0.3, 0.4) is 0 Å². The molecule has 9 nitrogen and oxygen atoms in total. The summed E-state index contributed by atoms with van der Waals surface area (Å²) in [7, 11) is 4.65. The third kappa shape index (κ3) is 7.28. The van der Waals surface area contributed by atoms with E-state index in [1.807, 2.05) is 6.92 Å². The van der Waals surface area contributed by atoms with Crippen LogP contribution in [0.5, 0.6) is 11.5 Å². The van der Waals surface area contributed by atoms with E-state index in [0.29, 0.717) is 47.7 Å². The number of nitrogens with zero attached hydrogens (tertiary/aromatic N) is 4. The van der Waals surface area contributed by atoms with E-state index in [2.05, 4.69) is 25.3 Å². The number of nitrogen functional groups attached to an aromatic ring is 1. The molecule has 12 heteroatoms. The number of nitrogens with two attached hydrogens (primary N) is 1. The Labute approximate surface area is 202 Å². The first-order valence-electron chi connectivity index (χ1n) is 10.9. The van der Waals surface area contributed by atoms with E-state index in [4.69, 9.17) is 19.9 Å². The van der Waals surface area contributed by atoms with E-state index >= 15 is 0 Å². The van der Waals surface area contributed by atoms with Crippen molar-refractivity contribution in [1.82, 2.24) is 15.3 Å². The van der Waals surface area contributed by atoms with Crippen LogP contribution in [0.15, 0.2) is 28.2 Å². The second-order valence-electron chi connectivity index (χ2n) is 7.48. The average Bonchev–Trinajstić information content (AvgIpc) is 2.81. The lowest BCUT2D eigenvalue weighted by atomic mass is 10.1. The predicted molar refractivity (Wildman–Crippen MR) is 129 cm³/mol. The largest absolute Gasteiger partial charge is 0.493 e. The summed E-state index contributed by atoms with van der Waals surface area (Å²) in [5, 5.41) is 3.07. The molecule has 2 aromatic rings. The molecule has 1 unspecified atom stereocenters. The number of amidine groups is 1. The summed E-state index contributed by atoms with van der Waals surface area (Å²) in [6.07, 6.45) is -2.58. The third-order valence-corrected chi connectivity index (χ3v) is 4.92. The highest BCUT2D eigenvalue weighted by atomic mass is 19.4. The third-order valence-electron chi connectivity index (χ3n) is 4.92. The highest BCUT2D eigenvalue weighted by Gasteiger charge is 2.34. The van der Waals surface area contributed by atoms with Crippen molar-refractivity contribution in [2.45, 2.75) is 45.5 Å². The van der Waals surface area contributed by atoms with Crippen LogP contribution < -0.4 is 20.5 Å². The molecule has 0 aliphatic rings. The van der Waals surface area contributed by atoms with E-state index in [1.165, 1.54) is 7.11 Å². The number of alkyl halides is 3. The molecule has 0 radical (unpaired) electrons. The summed E-state index contributed by atoms with van der Waals surface area (Å²) in [4.78, 5) is 16.3. The topological polar surface area (TPSA) is 116 Å². The maximum Gasteiger partial charge on any atom is 0.433 e. The number of rotatable bonds is 10. The molecule has 192 valence electrons. The van der Waals surface area contributed by atoms with Gasteiger partial charge in [-0.25, -0.2) is 9.97 Å². The Balaban J connectivity index is 2.50. The van der Waals surface area contributed by atoms with Gasteiger partial charge in [-0.2, -0.15) is 13.2 Å². The maximum atomic E-state index is 13.2. The second kappa shape index (κ2) is 12.3. The molecule has 0 saturated heterocycles. The van der Waals surface area contributed by atoms with Gasteiger partial charge in [0.1, 0.15) is 23.5 Å². The van der Waals surface area contributed by atoms with Gasteiger partial charge in [-0.1, -0.05) is 6.92 Å². The fourth-order valence-electron chi connectivity index (χ4n) is 3.19. The molecule has 1 aromatic heterocycles. The Hall–Kier alpha value is -3.41. The van der Waals surface area contributed by atoms with Crippen molar-refractivity contribution in [3.05, 3.63) is 35.3 Å². The molecule has 0 amide bonds. The Bertz CT molecular complexity index is 1060. The molecule has 0 spiro atoms. The lowest BCUT2D eigenvalue weighted by molar-refractivity contribution is -0.141. The van der Waals surface area contributed by atoms with E-state index in [-0.39, 0.29) is 17.7 Å². The first kappa shape index (κ1) is 27.8. The molecule has 0 aliphatic carbocycles. The first-order chi connectivity index (χ1) is 16.6. The van der Waals surface area contributed by atoms with Crippen molar-refractivity contribution in [2.24, 2.45) is 9.98 Å². The van der Waals surface area contributed by atoms with Gasteiger partial charge in [-0.3, -0.25) is 9.98 Å². The quantitative estimate of drug-likeness (QED) is 0.371. The van der Waals surface area contributed by atoms with Crippen molar-refractivity contribution in [2.75, 3.05) is 33.6 Å². The van der Waals surface area contributed by atoms with Gasteiger partial charge in [0.05, 0.1) is 25.4 Å². The zero-order valence-electron chi connectivity index (χ0n) is 20.6. The van der Waals surface area contributed by atoms with Crippen molar-refractivity contribution in [1.29, 1.82) is 0 Å². The molecule has 1 heterocycles. The summed E-state index contributed by atoms with van der Waals surface area (Å²) in [6, 6.07) is 3.33. The highest BCUT2D eigenvalue weighted by Crippen LogP contribution is 2.36. The van der Waals surface area contributed by atoms with Crippen molar-refractivity contribution >= 4 is 23.6 Å². The SMILES string of the molecule is C/C=N/c1cc(OC)c(OC(CC)COC)cc1/C(=N\C)N[C@H](C)c1nc(N)cc(C(F)(F)F)n1. The summed E-state index contributed by atoms with van der Waals surface area (Å²) in [5.74, 6) is 0.823. The Morgan fingerprint density at radius 2 is 1.91 bits per heavy atom. The number of hydrogen-bond acceptors (Lipinski definition) is 8. The van der Waals surface area contributed by atoms with Crippen molar-refractivity contribution < 1.29 is 27.4 Å². The van der Waals surface area contributed by atoms with Gasteiger partial charge < -0.3 is 25.3 Å². The van der Waals surface area contributed by atoms with Gasteiger partial charge in [-0.15, -0.1) is 0 Å². The molecule has 2 rings (SSSR count).